The predicted molar refractivity (Wildman–Crippen MR) is 35.2 cm³/mol. The first-order valence-electron chi connectivity index (χ1n) is 2.51. The number of hydrogen-bond acceptors (Lipinski definition) is 3. The molecule has 0 amide bonds. The molecule has 4 nitrogen and oxygen atoms in total. The Morgan fingerprint density at radius 3 is 2.50 bits per heavy atom. The van der Waals surface area contributed by atoms with Gasteiger partial charge in [0.15, 0.2) is 0 Å². The van der Waals surface area contributed by atoms with E-state index in [4.69, 9.17) is 5.11 Å². The molecule has 58 valence electrons. The van der Waals surface area contributed by atoms with Crippen LogP contribution in [0, 0.1) is 0 Å². The van der Waals surface area contributed by atoms with E-state index in [9.17, 15) is 13.6 Å². The van der Waals surface area contributed by atoms with Gasteiger partial charge in [0.25, 0.3) is 0 Å². The Hall–Kier alpha value is -0.680. The van der Waals surface area contributed by atoms with E-state index in [2.05, 4.69) is 6.58 Å². The van der Waals surface area contributed by atoms with Crippen LogP contribution in [0.2, 0.25) is 0 Å². The normalized spacial score (nSPS) is 12.5. The highest BCUT2D eigenvalue weighted by molar-refractivity contribution is 7.79. The lowest BCUT2D eigenvalue weighted by Crippen LogP contribution is -2.03. The molecule has 1 unspecified atom stereocenters. The summed E-state index contributed by atoms with van der Waals surface area (Å²) in [7, 11) is 0. The number of carbonyl (C=O) groups is 1. The van der Waals surface area contributed by atoms with Gasteiger partial charge < -0.3 is 9.66 Å². The van der Waals surface area contributed by atoms with Crippen molar-refractivity contribution in [3.05, 3.63) is 12.2 Å². The topological polar surface area (TPSA) is 77.4 Å². The van der Waals surface area contributed by atoms with Crippen LogP contribution in [0.15, 0.2) is 12.2 Å². The Balaban J connectivity index is 3.60. The van der Waals surface area contributed by atoms with Crippen LogP contribution in [0.4, 0.5) is 0 Å². The van der Waals surface area contributed by atoms with Crippen LogP contribution in [0.25, 0.3) is 0 Å². The summed E-state index contributed by atoms with van der Waals surface area (Å²) in [5.41, 5.74) is -0.0794. The molecule has 1 N–H and O–H groups in total. The SMILES string of the molecule is C=C(CCS(=O)[O-])C(=O)O. The number of hydrogen-bond donors (Lipinski definition) is 1. The molecule has 10 heavy (non-hydrogen) atoms. The third-order valence-electron chi connectivity index (χ3n) is 0.873. The summed E-state index contributed by atoms with van der Waals surface area (Å²) in [4.78, 5) is 10.0. The molecule has 0 aliphatic heterocycles. The molecule has 0 aromatic carbocycles. The minimum atomic E-state index is -2.18. The molecule has 0 spiro atoms. The van der Waals surface area contributed by atoms with Gasteiger partial charge in [0.2, 0.25) is 0 Å². The van der Waals surface area contributed by atoms with Gasteiger partial charge in [-0.05, 0) is 6.42 Å². The molecule has 0 radical (unpaired) electrons. The van der Waals surface area contributed by atoms with Gasteiger partial charge in [0, 0.05) is 11.3 Å². The van der Waals surface area contributed by atoms with Crippen LogP contribution in [-0.2, 0) is 15.9 Å². The highest BCUT2D eigenvalue weighted by Gasteiger charge is 2.01. The van der Waals surface area contributed by atoms with Crippen molar-refractivity contribution in [1.82, 2.24) is 0 Å². The second-order valence-corrected chi connectivity index (χ2v) is 2.68. The molecule has 5 heteroatoms. The summed E-state index contributed by atoms with van der Waals surface area (Å²) in [6.07, 6.45) is -0.00849. The van der Waals surface area contributed by atoms with E-state index < -0.39 is 17.0 Å². The molecule has 0 bridgehead atoms. The quantitative estimate of drug-likeness (QED) is 0.463. The lowest BCUT2D eigenvalue weighted by atomic mass is 10.2. The van der Waals surface area contributed by atoms with Crippen molar-refractivity contribution >= 4 is 17.0 Å². The Morgan fingerprint density at radius 2 is 2.20 bits per heavy atom. The molecule has 0 aromatic rings. The lowest BCUT2D eigenvalue weighted by Gasteiger charge is -2.02. The Bertz CT molecular complexity index is 174. The molecule has 0 saturated heterocycles. The van der Waals surface area contributed by atoms with E-state index in [0.717, 1.165) is 0 Å². The lowest BCUT2D eigenvalue weighted by molar-refractivity contribution is -0.132. The molecule has 0 aromatic heterocycles. The first kappa shape index (κ1) is 9.32. The second kappa shape index (κ2) is 4.19. The minimum absolute atomic E-state index is 0.00849. The maximum Gasteiger partial charge on any atom is 0.330 e. The van der Waals surface area contributed by atoms with Crippen molar-refractivity contribution < 1.29 is 18.7 Å². The van der Waals surface area contributed by atoms with Crippen molar-refractivity contribution in [2.24, 2.45) is 0 Å². The van der Waals surface area contributed by atoms with Gasteiger partial charge in [-0.25, -0.2) is 4.79 Å². The zero-order valence-electron chi connectivity index (χ0n) is 5.20. The van der Waals surface area contributed by atoms with Gasteiger partial charge in [-0.2, -0.15) is 0 Å². The number of rotatable bonds is 4. The highest BCUT2D eigenvalue weighted by Crippen LogP contribution is 1.97. The Kier molecular flexibility index (Phi) is 3.90. The molecule has 0 rings (SSSR count). The molecular formula is C5H7O4S-. The van der Waals surface area contributed by atoms with Crippen molar-refractivity contribution in [3.63, 3.8) is 0 Å². The fourth-order valence-corrected chi connectivity index (χ4v) is 0.727. The van der Waals surface area contributed by atoms with E-state index >= 15 is 0 Å². The standard InChI is InChI=1S/C5H8O4S/c1-4(5(6)7)2-3-10(8)9/h1-3H2,(H,6,7)(H,8,9)/p-1. The summed E-state index contributed by atoms with van der Waals surface area (Å²) in [6, 6.07) is 0. The first-order chi connectivity index (χ1) is 4.54. The predicted octanol–water partition coefficient (Wildman–Crippen LogP) is -0.104. The molecule has 0 aliphatic carbocycles. The van der Waals surface area contributed by atoms with E-state index in [1.165, 1.54) is 0 Å². The summed E-state index contributed by atoms with van der Waals surface area (Å²) in [5.74, 6) is -1.32. The van der Waals surface area contributed by atoms with E-state index in [-0.39, 0.29) is 17.7 Å². The van der Waals surface area contributed by atoms with Crippen LogP contribution in [0.5, 0.6) is 0 Å². The molecule has 0 heterocycles. The van der Waals surface area contributed by atoms with Crippen molar-refractivity contribution in [2.75, 3.05) is 5.75 Å². The van der Waals surface area contributed by atoms with Crippen LogP contribution in [0.3, 0.4) is 0 Å². The molecule has 0 fully saturated rings. The summed E-state index contributed by atoms with van der Waals surface area (Å²) < 4.78 is 19.8. The fourth-order valence-electron chi connectivity index (χ4n) is 0.313. The third kappa shape index (κ3) is 4.22. The van der Waals surface area contributed by atoms with Gasteiger partial charge in [-0.1, -0.05) is 17.7 Å². The minimum Gasteiger partial charge on any atom is -0.772 e. The highest BCUT2D eigenvalue weighted by atomic mass is 32.2. The van der Waals surface area contributed by atoms with Gasteiger partial charge in [-0.3, -0.25) is 4.21 Å². The number of aliphatic carboxylic acids is 1. The second-order valence-electron chi connectivity index (χ2n) is 1.67. The monoisotopic (exact) mass is 163 g/mol. The van der Waals surface area contributed by atoms with Gasteiger partial charge in [0.05, 0.1) is 0 Å². The Labute approximate surface area is 60.8 Å². The zero-order chi connectivity index (χ0) is 8.15. The zero-order valence-corrected chi connectivity index (χ0v) is 6.02. The van der Waals surface area contributed by atoms with Gasteiger partial charge in [-0.15, -0.1) is 0 Å². The van der Waals surface area contributed by atoms with Crippen molar-refractivity contribution in [2.45, 2.75) is 6.42 Å². The average molecular weight is 163 g/mol. The Morgan fingerprint density at radius 1 is 1.70 bits per heavy atom. The van der Waals surface area contributed by atoms with E-state index in [1.54, 1.807) is 0 Å². The van der Waals surface area contributed by atoms with Crippen LogP contribution in [0.1, 0.15) is 6.42 Å². The maximum atomic E-state index is 10.0. The molecule has 1 atom stereocenters. The van der Waals surface area contributed by atoms with Crippen molar-refractivity contribution in [3.8, 4) is 0 Å². The molecule has 0 aliphatic rings. The van der Waals surface area contributed by atoms with E-state index in [1.807, 2.05) is 0 Å². The van der Waals surface area contributed by atoms with Crippen LogP contribution in [-0.4, -0.2) is 25.6 Å². The summed E-state index contributed by atoms with van der Waals surface area (Å²) >= 11 is -2.18. The number of carboxylic acid groups (broad SMARTS) is 1. The van der Waals surface area contributed by atoms with Gasteiger partial charge >= 0.3 is 5.97 Å². The largest absolute Gasteiger partial charge is 0.772 e. The molecule has 0 saturated carbocycles. The van der Waals surface area contributed by atoms with Crippen molar-refractivity contribution in [1.29, 1.82) is 0 Å². The smallest absolute Gasteiger partial charge is 0.330 e. The van der Waals surface area contributed by atoms with Gasteiger partial charge in [0.1, 0.15) is 0 Å². The first-order valence-corrected chi connectivity index (χ1v) is 3.75. The van der Waals surface area contributed by atoms with E-state index in [0.29, 0.717) is 0 Å². The average Bonchev–Trinajstić information content (AvgIpc) is 1.82. The van der Waals surface area contributed by atoms with Crippen LogP contribution < -0.4 is 0 Å². The number of carboxylic acids is 1. The fraction of sp³-hybridized carbons (Fsp3) is 0.400. The summed E-state index contributed by atoms with van der Waals surface area (Å²) in [5, 5.41) is 8.19. The third-order valence-corrected chi connectivity index (χ3v) is 1.41. The van der Waals surface area contributed by atoms with Crippen LogP contribution >= 0.6 is 0 Å². The maximum absolute atomic E-state index is 10.0. The summed E-state index contributed by atoms with van der Waals surface area (Å²) in [6.45, 7) is 3.15. The molecular weight excluding hydrogens is 156 g/mol.